The van der Waals surface area contributed by atoms with E-state index < -0.39 is 0 Å². The molecule has 0 aliphatic rings. The molecule has 0 saturated carbocycles. The van der Waals surface area contributed by atoms with Crippen LogP contribution >= 0.6 is 0 Å². The lowest BCUT2D eigenvalue weighted by molar-refractivity contribution is 0.669. The second-order valence-corrected chi connectivity index (χ2v) is 13.3. The Kier molecular flexibility index (Phi) is 7.18. The molecule has 0 N–H and O–H groups in total. The summed E-state index contributed by atoms with van der Waals surface area (Å²) in [6, 6.07) is 71.8. The van der Waals surface area contributed by atoms with Gasteiger partial charge in [-0.15, -0.1) is 0 Å². The lowest BCUT2D eigenvalue weighted by Gasteiger charge is -2.14. The highest BCUT2D eigenvalue weighted by atomic mass is 16.3. The molecule has 0 unspecified atom stereocenters. The smallest absolute Gasteiger partial charge is 0.135 e. The number of nitrogens with zero attached hydrogens (tertiary/aromatic N) is 1. The van der Waals surface area contributed by atoms with Gasteiger partial charge in [0, 0.05) is 27.4 Å². The first-order chi connectivity index (χ1) is 25.8. The van der Waals surface area contributed by atoms with Crippen molar-refractivity contribution in [3.63, 3.8) is 0 Å². The van der Waals surface area contributed by atoms with Gasteiger partial charge in [0.05, 0.1) is 11.2 Å². The van der Waals surface area contributed by atoms with Crippen molar-refractivity contribution in [1.29, 1.82) is 0 Å². The number of para-hydroxylation sites is 1. The average Bonchev–Trinajstić information content (AvgIpc) is 3.77. The minimum atomic E-state index is 0.889. The zero-order valence-electron chi connectivity index (χ0n) is 28.4. The predicted octanol–water partition coefficient (Wildman–Crippen LogP) is 13.9. The van der Waals surface area contributed by atoms with Crippen molar-refractivity contribution in [2.75, 3.05) is 0 Å². The summed E-state index contributed by atoms with van der Waals surface area (Å²) in [4.78, 5) is 0. The molecule has 52 heavy (non-hydrogen) atoms. The predicted molar refractivity (Wildman–Crippen MR) is 218 cm³/mol. The zero-order valence-corrected chi connectivity index (χ0v) is 28.4. The third-order valence-corrected chi connectivity index (χ3v) is 10.2. The number of fused-ring (bicyclic) bond motifs is 4. The third-order valence-electron chi connectivity index (χ3n) is 10.2. The van der Waals surface area contributed by atoms with Gasteiger partial charge in [-0.05, 0) is 80.9 Å². The minimum Gasteiger partial charge on any atom is -0.456 e. The van der Waals surface area contributed by atoms with Crippen LogP contribution in [0.1, 0.15) is 0 Å². The average molecular weight is 664 g/mol. The first-order valence-corrected chi connectivity index (χ1v) is 17.8. The maximum Gasteiger partial charge on any atom is 0.135 e. The molecule has 2 heterocycles. The molecule has 2 aromatic heterocycles. The Morgan fingerprint density at radius 2 is 0.788 bits per heavy atom. The molecule has 10 rings (SSSR count). The summed E-state index contributed by atoms with van der Waals surface area (Å²) in [6.45, 7) is 0. The van der Waals surface area contributed by atoms with E-state index in [0.717, 1.165) is 44.4 Å². The largest absolute Gasteiger partial charge is 0.456 e. The number of furan rings is 1. The molecule has 2 heteroatoms. The van der Waals surface area contributed by atoms with Gasteiger partial charge in [-0.1, -0.05) is 164 Å². The lowest BCUT2D eigenvalue weighted by Crippen LogP contribution is -1.97. The van der Waals surface area contributed by atoms with Gasteiger partial charge in [0.15, 0.2) is 0 Å². The molecule has 0 amide bonds. The summed E-state index contributed by atoms with van der Waals surface area (Å²) in [7, 11) is 0. The number of benzene rings is 8. The van der Waals surface area contributed by atoms with Crippen LogP contribution < -0.4 is 0 Å². The minimum absolute atomic E-state index is 0.889. The maximum absolute atomic E-state index is 6.26. The van der Waals surface area contributed by atoms with Crippen molar-refractivity contribution in [2.45, 2.75) is 0 Å². The molecular weight excluding hydrogens is 631 g/mol. The third kappa shape index (κ3) is 5.12. The van der Waals surface area contributed by atoms with Gasteiger partial charge in [-0.2, -0.15) is 0 Å². The lowest BCUT2D eigenvalue weighted by atomic mass is 9.94. The fourth-order valence-corrected chi connectivity index (χ4v) is 7.70. The van der Waals surface area contributed by atoms with Crippen LogP contribution in [0, 0.1) is 0 Å². The maximum atomic E-state index is 6.26. The van der Waals surface area contributed by atoms with E-state index in [-0.39, 0.29) is 0 Å². The summed E-state index contributed by atoms with van der Waals surface area (Å²) < 4.78 is 8.70. The molecule has 0 saturated heterocycles. The summed E-state index contributed by atoms with van der Waals surface area (Å²) in [5.74, 6) is 0. The molecule has 2 nitrogen and oxygen atoms in total. The molecule has 0 atom stereocenters. The van der Waals surface area contributed by atoms with Gasteiger partial charge in [-0.25, -0.2) is 0 Å². The van der Waals surface area contributed by atoms with Crippen molar-refractivity contribution in [3.8, 4) is 61.5 Å². The topological polar surface area (TPSA) is 18.1 Å². The van der Waals surface area contributed by atoms with Crippen LogP contribution in [-0.2, 0) is 0 Å². The first-order valence-electron chi connectivity index (χ1n) is 17.8. The number of rotatable bonds is 6. The summed E-state index contributed by atoms with van der Waals surface area (Å²) in [6.07, 6.45) is 0. The van der Waals surface area contributed by atoms with Crippen LogP contribution in [0.25, 0.3) is 94.3 Å². The monoisotopic (exact) mass is 663 g/mol. The van der Waals surface area contributed by atoms with Crippen LogP contribution in [-0.4, -0.2) is 4.57 Å². The standard InChI is InChI=1S/C50H33NO/c1-4-12-34(13-5-1)36-20-22-38(23-21-36)41-28-30-46-45(32-41)49(39-26-24-37(25-27-39)35-14-6-2-7-15-35)50(40-16-8-3-9-17-40)51(46)42-29-31-48-44(33-42)43-18-10-11-19-47(43)52-48/h1-33H. The van der Waals surface area contributed by atoms with Crippen molar-refractivity contribution in [2.24, 2.45) is 0 Å². The van der Waals surface area contributed by atoms with Crippen molar-refractivity contribution < 1.29 is 4.42 Å². The van der Waals surface area contributed by atoms with Crippen molar-refractivity contribution >= 4 is 32.8 Å². The van der Waals surface area contributed by atoms with Gasteiger partial charge in [-0.3, -0.25) is 0 Å². The van der Waals surface area contributed by atoms with E-state index in [1.807, 2.05) is 12.1 Å². The van der Waals surface area contributed by atoms with Crippen LogP contribution in [0.15, 0.2) is 205 Å². The van der Waals surface area contributed by atoms with E-state index in [2.05, 4.69) is 193 Å². The van der Waals surface area contributed by atoms with E-state index in [9.17, 15) is 0 Å². The quantitative estimate of drug-likeness (QED) is 0.173. The first kappa shape index (κ1) is 30.0. The second-order valence-electron chi connectivity index (χ2n) is 13.3. The van der Waals surface area contributed by atoms with Crippen LogP contribution in [0.4, 0.5) is 0 Å². The van der Waals surface area contributed by atoms with E-state index in [4.69, 9.17) is 4.42 Å². The van der Waals surface area contributed by atoms with Gasteiger partial charge in [0.1, 0.15) is 11.2 Å². The Labute approximate surface area is 302 Å². The number of hydrogen-bond acceptors (Lipinski definition) is 1. The molecule has 0 fully saturated rings. The van der Waals surface area contributed by atoms with Gasteiger partial charge >= 0.3 is 0 Å². The zero-order chi connectivity index (χ0) is 34.4. The van der Waals surface area contributed by atoms with Gasteiger partial charge in [0.25, 0.3) is 0 Å². The van der Waals surface area contributed by atoms with E-state index >= 15 is 0 Å². The Morgan fingerprint density at radius 3 is 1.42 bits per heavy atom. The van der Waals surface area contributed by atoms with Crippen LogP contribution in [0.2, 0.25) is 0 Å². The van der Waals surface area contributed by atoms with Gasteiger partial charge < -0.3 is 8.98 Å². The van der Waals surface area contributed by atoms with Crippen LogP contribution in [0.5, 0.6) is 0 Å². The van der Waals surface area contributed by atoms with Crippen molar-refractivity contribution in [3.05, 3.63) is 200 Å². The molecular formula is C50H33NO. The molecule has 0 radical (unpaired) electrons. The van der Waals surface area contributed by atoms with E-state index in [1.54, 1.807) is 0 Å². The Morgan fingerprint density at radius 1 is 0.308 bits per heavy atom. The Hall–Kier alpha value is -6.90. The molecule has 0 spiro atoms. The normalized spacial score (nSPS) is 11.5. The van der Waals surface area contributed by atoms with Gasteiger partial charge in [0.2, 0.25) is 0 Å². The second kappa shape index (κ2) is 12.5. The van der Waals surface area contributed by atoms with Crippen molar-refractivity contribution in [1.82, 2.24) is 4.57 Å². The molecule has 8 aromatic carbocycles. The summed E-state index contributed by atoms with van der Waals surface area (Å²) in [5, 5.41) is 3.43. The fraction of sp³-hybridized carbons (Fsp3) is 0. The molecule has 0 bridgehead atoms. The Bertz CT molecular complexity index is 2850. The van der Waals surface area contributed by atoms with E-state index in [1.165, 1.54) is 49.9 Å². The summed E-state index contributed by atoms with van der Waals surface area (Å²) in [5.41, 5.74) is 15.9. The fourth-order valence-electron chi connectivity index (χ4n) is 7.70. The van der Waals surface area contributed by atoms with Crippen LogP contribution in [0.3, 0.4) is 0 Å². The highest BCUT2D eigenvalue weighted by Gasteiger charge is 2.23. The molecule has 0 aliphatic heterocycles. The molecule has 244 valence electrons. The highest BCUT2D eigenvalue weighted by molar-refractivity contribution is 6.09. The molecule has 10 aromatic rings. The Balaban J connectivity index is 1.23. The van der Waals surface area contributed by atoms with E-state index in [0.29, 0.717) is 0 Å². The number of hydrogen-bond donors (Lipinski definition) is 0. The summed E-state index contributed by atoms with van der Waals surface area (Å²) >= 11 is 0. The highest BCUT2D eigenvalue weighted by Crippen LogP contribution is 2.45. The number of aromatic nitrogens is 1. The molecule has 0 aliphatic carbocycles. The SMILES string of the molecule is c1ccc(-c2ccc(-c3ccc4c(c3)c(-c3ccc(-c5ccccc5)cc3)c(-c3ccccc3)n4-c3ccc4oc5ccccc5c4c3)cc2)cc1.